The zero-order valence-corrected chi connectivity index (χ0v) is 13.3. The van der Waals surface area contributed by atoms with E-state index in [0.29, 0.717) is 6.04 Å². The monoisotopic (exact) mass is 263 g/mol. The minimum Gasteiger partial charge on any atom is -0.492 e. The molecule has 108 valence electrons. The van der Waals surface area contributed by atoms with Gasteiger partial charge in [-0.3, -0.25) is 0 Å². The van der Waals surface area contributed by atoms with E-state index < -0.39 is 0 Å². The summed E-state index contributed by atoms with van der Waals surface area (Å²) in [6.45, 7) is 11.7. The Hall–Kier alpha value is -1.02. The van der Waals surface area contributed by atoms with Crippen molar-refractivity contribution in [3.63, 3.8) is 0 Å². The number of hydrogen-bond acceptors (Lipinski definition) is 2. The van der Waals surface area contributed by atoms with Crippen LogP contribution in [0.2, 0.25) is 0 Å². The van der Waals surface area contributed by atoms with Crippen molar-refractivity contribution in [3.05, 3.63) is 29.3 Å². The second-order valence-corrected chi connectivity index (χ2v) is 6.33. The fourth-order valence-electron chi connectivity index (χ4n) is 2.22. The summed E-state index contributed by atoms with van der Waals surface area (Å²) in [5.41, 5.74) is 2.65. The van der Waals surface area contributed by atoms with E-state index in [1.54, 1.807) is 0 Å². The van der Waals surface area contributed by atoms with Crippen LogP contribution in [0.3, 0.4) is 0 Å². The van der Waals surface area contributed by atoms with Gasteiger partial charge in [-0.15, -0.1) is 0 Å². The fourth-order valence-corrected chi connectivity index (χ4v) is 2.22. The molecule has 2 heteroatoms. The molecule has 1 aromatic rings. The third-order valence-electron chi connectivity index (χ3n) is 3.43. The molecule has 0 saturated carbocycles. The highest BCUT2D eigenvalue weighted by molar-refractivity contribution is 5.41. The Balaban J connectivity index is 2.84. The van der Waals surface area contributed by atoms with Gasteiger partial charge >= 0.3 is 0 Å². The number of benzene rings is 1. The first kappa shape index (κ1) is 16.0. The zero-order valence-electron chi connectivity index (χ0n) is 13.3. The zero-order chi connectivity index (χ0) is 14.5. The van der Waals surface area contributed by atoms with E-state index in [1.807, 2.05) is 7.05 Å². The number of rotatable bonds is 6. The summed E-state index contributed by atoms with van der Waals surface area (Å²) in [7, 11) is 2.00. The van der Waals surface area contributed by atoms with Gasteiger partial charge < -0.3 is 10.1 Å². The maximum atomic E-state index is 6.09. The van der Waals surface area contributed by atoms with E-state index in [-0.39, 0.29) is 5.41 Å². The Morgan fingerprint density at radius 1 is 1.26 bits per heavy atom. The summed E-state index contributed by atoms with van der Waals surface area (Å²) in [5.74, 6) is 1.03. The van der Waals surface area contributed by atoms with Gasteiger partial charge in [0, 0.05) is 6.04 Å². The Morgan fingerprint density at radius 2 is 1.95 bits per heavy atom. The highest BCUT2D eigenvalue weighted by Crippen LogP contribution is 2.32. The number of nitrogens with one attached hydrogen (secondary N) is 1. The highest BCUT2D eigenvalue weighted by Gasteiger charge is 2.19. The second-order valence-electron chi connectivity index (χ2n) is 6.33. The van der Waals surface area contributed by atoms with Crippen molar-refractivity contribution in [1.82, 2.24) is 5.32 Å². The average molecular weight is 263 g/mol. The third kappa shape index (κ3) is 4.87. The predicted molar refractivity (Wildman–Crippen MR) is 83.1 cm³/mol. The Kier molecular flexibility index (Phi) is 5.86. The molecule has 2 nitrogen and oxygen atoms in total. The van der Waals surface area contributed by atoms with Crippen LogP contribution in [0.5, 0.6) is 5.75 Å². The van der Waals surface area contributed by atoms with Crippen molar-refractivity contribution in [3.8, 4) is 5.75 Å². The minimum absolute atomic E-state index is 0.114. The number of likely N-dealkylation sites (N-methyl/N-ethyl adjacent to an activating group) is 1. The van der Waals surface area contributed by atoms with Gasteiger partial charge in [-0.2, -0.15) is 0 Å². The molecule has 0 aliphatic carbocycles. The summed E-state index contributed by atoms with van der Waals surface area (Å²) in [5, 5.41) is 3.32. The molecule has 0 radical (unpaired) electrons. The third-order valence-corrected chi connectivity index (χ3v) is 3.43. The maximum absolute atomic E-state index is 6.09. The molecule has 0 aromatic heterocycles. The van der Waals surface area contributed by atoms with Gasteiger partial charge in [-0.25, -0.2) is 0 Å². The molecule has 0 amide bonds. The van der Waals surface area contributed by atoms with Gasteiger partial charge in [-0.05, 0) is 43.0 Å². The summed E-state index contributed by atoms with van der Waals surface area (Å²) < 4.78 is 6.09. The SMILES string of the molecule is CCCC(COc1cc(C)ccc1C(C)(C)C)NC. The van der Waals surface area contributed by atoms with Crippen LogP contribution in [0, 0.1) is 6.92 Å². The van der Waals surface area contributed by atoms with Crippen LogP contribution in [0.15, 0.2) is 18.2 Å². The Bertz CT molecular complexity index is 393. The van der Waals surface area contributed by atoms with Crippen molar-refractivity contribution < 1.29 is 4.74 Å². The number of aryl methyl sites for hydroxylation is 1. The Morgan fingerprint density at radius 3 is 2.47 bits per heavy atom. The lowest BCUT2D eigenvalue weighted by Crippen LogP contribution is -2.31. The summed E-state index contributed by atoms with van der Waals surface area (Å²) in [6, 6.07) is 6.94. The summed E-state index contributed by atoms with van der Waals surface area (Å²) >= 11 is 0. The first-order chi connectivity index (χ1) is 8.88. The van der Waals surface area contributed by atoms with E-state index in [2.05, 4.69) is 58.1 Å². The van der Waals surface area contributed by atoms with Crippen LogP contribution in [-0.2, 0) is 5.41 Å². The van der Waals surface area contributed by atoms with Gasteiger partial charge in [0.2, 0.25) is 0 Å². The quantitative estimate of drug-likeness (QED) is 0.835. The van der Waals surface area contributed by atoms with Gasteiger partial charge in [0.1, 0.15) is 12.4 Å². The van der Waals surface area contributed by atoms with Crippen molar-refractivity contribution in [2.45, 2.75) is 58.9 Å². The lowest BCUT2D eigenvalue weighted by Gasteiger charge is -2.25. The van der Waals surface area contributed by atoms with Crippen LogP contribution in [-0.4, -0.2) is 19.7 Å². The van der Waals surface area contributed by atoms with Gasteiger partial charge in [-0.1, -0.05) is 46.2 Å². The van der Waals surface area contributed by atoms with Crippen molar-refractivity contribution in [2.24, 2.45) is 0 Å². The van der Waals surface area contributed by atoms with Crippen molar-refractivity contribution in [2.75, 3.05) is 13.7 Å². The van der Waals surface area contributed by atoms with E-state index in [1.165, 1.54) is 17.5 Å². The van der Waals surface area contributed by atoms with Crippen LogP contribution >= 0.6 is 0 Å². The molecule has 0 aliphatic rings. The number of ether oxygens (including phenoxy) is 1. The van der Waals surface area contributed by atoms with Gasteiger partial charge in [0.25, 0.3) is 0 Å². The lowest BCUT2D eigenvalue weighted by atomic mass is 9.86. The van der Waals surface area contributed by atoms with Crippen LogP contribution in [0.1, 0.15) is 51.7 Å². The second kappa shape index (κ2) is 6.95. The van der Waals surface area contributed by atoms with Crippen molar-refractivity contribution >= 4 is 0 Å². The standard InChI is InChI=1S/C17H29NO/c1-7-8-14(18-6)12-19-16-11-13(2)9-10-15(16)17(3,4)5/h9-11,14,18H,7-8,12H2,1-6H3. The molecule has 1 rings (SSSR count). The maximum Gasteiger partial charge on any atom is 0.123 e. The fraction of sp³-hybridized carbons (Fsp3) is 0.647. The van der Waals surface area contributed by atoms with E-state index >= 15 is 0 Å². The molecule has 0 fully saturated rings. The largest absolute Gasteiger partial charge is 0.492 e. The molecule has 1 atom stereocenters. The van der Waals surface area contributed by atoms with Crippen LogP contribution in [0.25, 0.3) is 0 Å². The predicted octanol–water partition coefficient (Wildman–Crippen LogP) is 4.06. The highest BCUT2D eigenvalue weighted by atomic mass is 16.5. The first-order valence-electron chi connectivity index (χ1n) is 7.29. The molecule has 19 heavy (non-hydrogen) atoms. The number of hydrogen-bond donors (Lipinski definition) is 1. The summed E-state index contributed by atoms with van der Waals surface area (Å²) in [4.78, 5) is 0. The summed E-state index contributed by atoms with van der Waals surface area (Å²) in [6.07, 6.45) is 2.32. The molecule has 0 heterocycles. The average Bonchev–Trinajstić information content (AvgIpc) is 2.33. The molecular formula is C17H29NO. The van der Waals surface area contributed by atoms with Crippen LogP contribution in [0.4, 0.5) is 0 Å². The smallest absolute Gasteiger partial charge is 0.123 e. The normalized spacial score (nSPS) is 13.4. The van der Waals surface area contributed by atoms with Crippen LogP contribution < -0.4 is 10.1 Å². The van der Waals surface area contributed by atoms with Crippen molar-refractivity contribution in [1.29, 1.82) is 0 Å². The minimum atomic E-state index is 0.114. The van der Waals surface area contributed by atoms with E-state index in [4.69, 9.17) is 4.74 Å². The van der Waals surface area contributed by atoms with Gasteiger partial charge in [0.15, 0.2) is 0 Å². The first-order valence-corrected chi connectivity index (χ1v) is 7.29. The molecule has 0 spiro atoms. The van der Waals surface area contributed by atoms with E-state index in [9.17, 15) is 0 Å². The molecule has 0 bridgehead atoms. The van der Waals surface area contributed by atoms with Gasteiger partial charge in [0.05, 0.1) is 0 Å². The molecule has 0 aliphatic heterocycles. The molecule has 1 unspecified atom stereocenters. The molecule has 0 saturated heterocycles. The molecule has 1 aromatic carbocycles. The van der Waals surface area contributed by atoms with E-state index in [0.717, 1.165) is 18.8 Å². The molecular weight excluding hydrogens is 234 g/mol. The topological polar surface area (TPSA) is 21.3 Å². The lowest BCUT2D eigenvalue weighted by molar-refractivity contribution is 0.257. The Labute approximate surface area is 118 Å². The molecule has 1 N–H and O–H groups in total.